The van der Waals surface area contributed by atoms with E-state index in [-0.39, 0.29) is 28.0 Å². The third kappa shape index (κ3) is 4.55. The molecule has 7 nitrogen and oxygen atoms in total. The molecule has 37 heavy (non-hydrogen) atoms. The number of pyridine rings is 1. The second-order valence-corrected chi connectivity index (χ2v) is 10.8. The van der Waals surface area contributed by atoms with E-state index >= 15 is 4.39 Å². The summed E-state index contributed by atoms with van der Waals surface area (Å²) in [7, 11) is 0. The Morgan fingerprint density at radius 1 is 1.16 bits per heavy atom. The number of ether oxygens (including phenoxy) is 1. The highest BCUT2D eigenvalue weighted by molar-refractivity contribution is 9.10. The van der Waals surface area contributed by atoms with Gasteiger partial charge in [0.05, 0.1) is 22.1 Å². The summed E-state index contributed by atoms with van der Waals surface area (Å²) < 4.78 is 49.5. The molecule has 2 bridgehead atoms. The van der Waals surface area contributed by atoms with Crippen molar-refractivity contribution < 1.29 is 23.0 Å². The Balaban J connectivity index is 1.63. The highest BCUT2D eigenvalue weighted by atomic mass is 79.9. The number of alkyl halides is 2. The summed E-state index contributed by atoms with van der Waals surface area (Å²) in [5, 5.41) is 14.2. The summed E-state index contributed by atoms with van der Waals surface area (Å²) in [4.78, 5) is 22.5. The average molecular weight is 581 g/mol. The highest BCUT2D eigenvalue weighted by Crippen LogP contribution is 2.50. The van der Waals surface area contributed by atoms with Gasteiger partial charge in [-0.15, -0.1) is 0 Å². The highest BCUT2D eigenvalue weighted by Gasteiger charge is 2.49. The van der Waals surface area contributed by atoms with Crippen LogP contribution >= 0.6 is 15.9 Å². The first-order chi connectivity index (χ1) is 17.6. The number of aryl methyl sites for hydroxylation is 1. The fraction of sp³-hybridized carbons (Fsp3) is 0.500. The Morgan fingerprint density at radius 2 is 1.81 bits per heavy atom. The summed E-state index contributed by atoms with van der Waals surface area (Å²) in [6.45, 7) is 3.56. The molecule has 3 aliphatic rings. The van der Waals surface area contributed by atoms with Gasteiger partial charge in [0.2, 0.25) is 0 Å². The number of aliphatic hydroxyl groups is 1. The first-order valence-electron chi connectivity index (χ1n) is 12.3. The molecule has 1 aromatic carbocycles. The molecule has 1 atom stereocenters. The number of aromatic nitrogens is 3. The van der Waals surface area contributed by atoms with E-state index in [2.05, 4.69) is 31.2 Å². The van der Waals surface area contributed by atoms with E-state index in [1.807, 2.05) is 0 Å². The van der Waals surface area contributed by atoms with Crippen molar-refractivity contribution in [2.45, 2.75) is 76.2 Å². The molecular weight excluding hydrogens is 553 g/mol. The summed E-state index contributed by atoms with van der Waals surface area (Å²) in [5.74, 6) is -0.396. The quantitative estimate of drug-likeness (QED) is 0.339. The maximum Gasteiger partial charge on any atom is 0.267 e. The molecular formula is C26H28BrF3N4O3. The average Bonchev–Trinajstić information content (AvgIpc) is 2.87. The van der Waals surface area contributed by atoms with E-state index in [4.69, 9.17) is 4.74 Å². The molecule has 198 valence electrons. The predicted molar refractivity (Wildman–Crippen MR) is 136 cm³/mol. The van der Waals surface area contributed by atoms with Gasteiger partial charge in [-0.1, -0.05) is 18.2 Å². The first kappa shape index (κ1) is 26.1. The van der Waals surface area contributed by atoms with Gasteiger partial charge in [0.1, 0.15) is 21.9 Å². The normalized spacial score (nSPS) is 24.1. The molecule has 0 aliphatic heterocycles. The standard InChI is InChI=1S/C26H28BrF3N4O3/c1-3-37-23(16-6-4-5-15(19(16)28)21(29)30)33-22-17-13-34(24(35)18(27)20(17)31-14(2)32-22)25-7-10-26(36,11-8-25)12-9-25/h4-6,13,21,23,36H,3,7-12H2,1-2H3,(H,31,32,33). The second kappa shape index (κ2) is 9.67. The van der Waals surface area contributed by atoms with Crippen LogP contribution in [0.5, 0.6) is 0 Å². The van der Waals surface area contributed by atoms with Gasteiger partial charge in [-0.05, 0) is 68.3 Å². The van der Waals surface area contributed by atoms with Crippen molar-refractivity contribution in [3.05, 3.63) is 62.0 Å². The zero-order valence-electron chi connectivity index (χ0n) is 20.5. The lowest BCUT2D eigenvalue weighted by atomic mass is 9.63. The fourth-order valence-corrected chi connectivity index (χ4v) is 6.17. The van der Waals surface area contributed by atoms with Crippen molar-refractivity contribution in [3.8, 4) is 0 Å². The second-order valence-electron chi connectivity index (χ2n) is 9.98. The SMILES string of the molecule is CCOC(Nc1nc(C)nc2c(Br)c(=O)n(C34CCC(O)(CC3)CC4)cc12)c1cccc(C(F)F)c1F. The molecule has 0 amide bonds. The van der Waals surface area contributed by atoms with E-state index < -0.39 is 35.2 Å². The van der Waals surface area contributed by atoms with Gasteiger partial charge in [-0.25, -0.2) is 23.1 Å². The van der Waals surface area contributed by atoms with Crippen LogP contribution in [0.25, 0.3) is 10.9 Å². The lowest BCUT2D eigenvalue weighted by Gasteiger charge is -2.51. The van der Waals surface area contributed by atoms with Crippen molar-refractivity contribution in [1.29, 1.82) is 0 Å². The van der Waals surface area contributed by atoms with Crippen LogP contribution in [0.2, 0.25) is 0 Å². The van der Waals surface area contributed by atoms with Crippen LogP contribution in [0.4, 0.5) is 19.0 Å². The van der Waals surface area contributed by atoms with Crippen LogP contribution in [0, 0.1) is 12.7 Å². The Morgan fingerprint density at radius 3 is 2.43 bits per heavy atom. The van der Waals surface area contributed by atoms with Gasteiger partial charge in [-0.2, -0.15) is 0 Å². The number of fused-ring (bicyclic) bond motifs is 4. The number of hydrogen-bond acceptors (Lipinski definition) is 6. The van der Waals surface area contributed by atoms with E-state index in [0.29, 0.717) is 55.3 Å². The fourth-order valence-electron chi connectivity index (χ4n) is 5.67. The van der Waals surface area contributed by atoms with Crippen molar-refractivity contribution in [2.24, 2.45) is 0 Å². The van der Waals surface area contributed by atoms with Crippen molar-refractivity contribution in [1.82, 2.24) is 14.5 Å². The molecule has 1 unspecified atom stereocenters. The van der Waals surface area contributed by atoms with Crippen LogP contribution in [0.3, 0.4) is 0 Å². The number of benzene rings is 1. The Kier molecular flexibility index (Phi) is 6.82. The van der Waals surface area contributed by atoms with E-state index in [1.165, 1.54) is 12.1 Å². The number of anilines is 1. The summed E-state index contributed by atoms with van der Waals surface area (Å²) >= 11 is 3.45. The lowest BCUT2D eigenvalue weighted by Crippen LogP contribution is -2.53. The van der Waals surface area contributed by atoms with E-state index in [9.17, 15) is 18.7 Å². The van der Waals surface area contributed by atoms with Crippen LogP contribution in [0.1, 0.15) is 75.1 Å². The van der Waals surface area contributed by atoms with E-state index in [0.717, 1.165) is 6.07 Å². The van der Waals surface area contributed by atoms with Crippen molar-refractivity contribution in [3.63, 3.8) is 0 Å². The minimum absolute atomic E-state index is 0.0751. The molecule has 3 fully saturated rings. The van der Waals surface area contributed by atoms with Crippen LogP contribution in [-0.2, 0) is 10.3 Å². The molecule has 2 heterocycles. The molecule has 3 aromatic rings. The molecule has 2 aromatic heterocycles. The molecule has 0 spiro atoms. The summed E-state index contributed by atoms with van der Waals surface area (Å²) in [6, 6.07) is 3.79. The Labute approximate surface area is 220 Å². The van der Waals surface area contributed by atoms with Crippen LogP contribution in [0.15, 0.2) is 33.7 Å². The third-order valence-corrected chi connectivity index (χ3v) is 8.50. The minimum atomic E-state index is -2.97. The smallest absolute Gasteiger partial charge is 0.267 e. The van der Waals surface area contributed by atoms with Gasteiger partial charge < -0.3 is 19.7 Å². The zero-order chi connectivity index (χ0) is 26.5. The minimum Gasteiger partial charge on any atom is -0.390 e. The molecule has 11 heteroatoms. The topological polar surface area (TPSA) is 89.3 Å². The van der Waals surface area contributed by atoms with Crippen LogP contribution < -0.4 is 10.9 Å². The molecule has 3 aliphatic carbocycles. The monoisotopic (exact) mass is 580 g/mol. The lowest BCUT2D eigenvalue weighted by molar-refractivity contribution is -0.0866. The number of rotatable bonds is 7. The maximum atomic E-state index is 15.0. The molecule has 0 saturated heterocycles. The van der Waals surface area contributed by atoms with Gasteiger partial charge in [0, 0.05) is 23.9 Å². The first-order valence-corrected chi connectivity index (χ1v) is 13.1. The maximum absolute atomic E-state index is 15.0. The number of nitrogens with one attached hydrogen (secondary N) is 1. The number of halogens is 4. The number of hydrogen-bond donors (Lipinski definition) is 2. The van der Waals surface area contributed by atoms with Crippen LogP contribution in [-0.4, -0.2) is 31.8 Å². The van der Waals surface area contributed by atoms with E-state index in [1.54, 1.807) is 24.6 Å². The van der Waals surface area contributed by atoms with Crippen molar-refractivity contribution in [2.75, 3.05) is 11.9 Å². The van der Waals surface area contributed by atoms with Gasteiger partial charge in [-0.3, -0.25) is 4.79 Å². The molecule has 0 radical (unpaired) electrons. The number of nitrogens with zero attached hydrogens (tertiary/aromatic N) is 3. The van der Waals surface area contributed by atoms with Gasteiger partial charge in [0.15, 0.2) is 6.23 Å². The Bertz CT molecular complexity index is 1390. The van der Waals surface area contributed by atoms with Gasteiger partial charge in [0.25, 0.3) is 12.0 Å². The van der Waals surface area contributed by atoms with Crippen molar-refractivity contribution >= 4 is 32.7 Å². The third-order valence-electron chi connectivity index (χ3n) is 7.79. The predicted octanol–water partition coefficient (Wildman–Crippen LogP) is 5.88. The molecule has 6 rings (SSSR count). The summed E-state index contributed by atoms with van der Waals surface area (Å²) in [5.41, 5.74) is -1.72. The largest absolute Gasteiger partial charge is 0.390 e. The molecule has 3 saturated carbocycles. The molecule has 2 N–H and O–H groups in total. The zero-order valence-corrected chi connectivity index (χ0v) is 22.1. The van der Waals surface area contributed by atoms with Gasteiger partial charge >= 0.3 is 0 Å². The Hall–Kier alpha value is -2.50. The summed E-state index contributed by atoms with van der Waals surface area (Å²) in [6.07, 6.45) is 1.51.